The maximum atomic E-state index is 12.0. The van der Waals surface area contributed by atoms with Gasteiger partial charge in [-0.1, -0.05) is 25.1 Å². The van der Waals surface area contributed by atoms with Gasteiger partial charge < -0.3 is 15.2 Å². The first-order valence-corrected chi connectivity index (χ1v) is 6.93. The molecule has 5 heteroatoms. The van der Waals surface area contributed by atoms with Crippen LogP contribution in [0.5, 0.6) is 5.75 Å². The van der Waals surface area contributed by atoms with Gasteiger partial charge in [-0.25, -0.2) is 0 Å². The minimum Gasteiger partial charge on any atom is -0.489 e. The van der Waals surface area contributed by atoms with Gasteiger partial charge in [-0.2, -0.15) is 0 Å². The largest absolute Gasteiger partial charge is 0.489 e. The zero-order chi connectivity index (χ0) is 15.3. The molecular formula is C16H19NO4. The van der Waals surface area contributed by atoms with Gasteiger partial charge in [-0.05, 0) is 25.0 Å². The molecule has 0 saturated heterocycles. The average molecular weight is 289 g/mol. The summed E-state index contributed by atoms with van der Waals surface area (Å²) in [6, 6.07) is 7.00. The van der Waals surface area contributed by atoms with Crippen LogP contribution < -0.4 is 10.1 Å². The number of carbonyl (C=O) groups excluding carboxylic acids is 1. The van der Waals surface area contributed by atoms with Crippen LogP contribution >= 0.6 is 0 Å². The lowest BCUT2D eigenvalue weighted by Crippen LogP contribution is -2.41. The molecule has 0 aliphatic heterocycles. The van der Waals surface area contributed by atoms with Gasteiger partial charge in [-0.3, -0.25) is 9.59 Å². The number of rotatable bonds is 7. The summed E-state index contributed by atoms with van der Waals surface area (Å²) in [7, 11) is 0. The Hall–Kier alpha value is -2.30. The number of benzene rings is 1. The Morgan fingerprint density at radius 1 is 1.43 bits per heavy atom. The summed E-state index contributed by atoms with van der Waals surface area (Å²) in [5.74, 6) is -0.533. The Bertz CT molecular complexity index is 549. The van der Waals surface area contributed by atoms with Crippen molar-refractivity contribution in [2.75, 3.05) is 11.9 Å². The summed E-state index contributed by atoms with van der Waals surface area (Å²) in [6.07, 6.45) is 3.65. The van der Waals surface area contributed by atoms with Gasteiger partial charge in [0.25, 0.3) is 0 Å². The zero-order valence-corrected chi connectivity index (χ0v) is 11.8. The highest BCUT2D eigenvalue weighted by Crippen LogP contribution is 2.44. The fourth-order valence-electron chi connectivity index (χ4n) is 2.40. The first-order valence-electron chi connectivity index (χ1n) is 6.93. The predicted molar refractivity (Wildman–Crippen MR) is 79.3 cm³/mol. The Morgan fingerprint density at radius 2 is 2.19 bits per heavy atom. The number of carbonyl (C=O) groups is 2. The molecule has 0 unspecified atom stereocenters. The lowest BCUT2D eigenvalue weighted by Gasteiger charge is -2.36. The lowest BCUT2D eigenvalue weighted by atomic mass is 9.66. The molecule has 1 aliphatic rings. The minimum absolute atomic E-state index is 0.0140. The first-order chi connectivity index (χ1) is 10.1. The number of carboxylic acid groups (broad SMARTS) is 1. The molecule has 1 amide bonds. The van der Waals surface area contributed by atoms with Crippen molar-refractivity contribution in [2.45, 2.75) is 25.7 Å². The first kappa shape index (κ1) is 15.1. The zero-order valence-electron chi connectivity index (χ0n) is 11.8. The number of hydrogen-bond donors (Lipinski definition) is 2. The minimum atomic E-state index is -0.882. The second-order valence-electron chi connectivity index (χ2n) is 5.29. The second-order valence-corrected chi connectivity index (χ2v) is 5.29. The van der Waals surface area contributed by atoms with Gasteiger partial charge >= 0.3 is 5.97 Å². The van der Waals surface area contributed by atoms with Crippen LogP contribution in [0.25, 0.3) is 0 Å². The Balaban J connectivity index is 1.96. The molecule has 0 bridgehead atoms. The SMILES string of the molecule is C=CCOc1cccc(NC(=O)CC2(C(=O)O)CCC2)c1. The van der Waals surface area contributed by atoms with Gasteiger partial charge in [0, 0.05) is 18.2 Å². The van der Waals surface area contributed by atoms with Crippen molar-refractivity contribution in [2.24, 2.45) is 5.41 Å². The Kier molecular flexibility index (Phi) is 4.62. The van der Waals surface area contributed by atoms with Crippen LogP contribution in [0.15, 0.2) is 36.9 Å². The van der Waals surface area contributed by atoms with Gasteiger partial charge in [0.15, 0.2) is 0 Å². The van der Waals surface area contributed by atoms with E-state index in [1.807, 2.05) is 0 Å². The number of aliphatic carboxylic acids is 1. The van der Waals surface area contributed by atoms with Gasteiger partial charge in [0.05, 0.1) is 5.41 Å². The lowest BCUT2D eigenvalue weighted by molar-refractivity contribution is -0.157. The third kappa shape index (κ3) is 3.62. The van der Waals surface area contributed by atoms with Gasteiger partial charge in [-0.15, -0.1) is 0 Å². The van der Waals surface area contributed by atoms with Crippen LogP contribution in [0.4, 0.5) is 5.69 Å². The van der Waals surface area contributed by atoms with E-state index in [1.54, 1.807) is 30.3 Å². The molecular weight excluding hydrogens is 270 g/mol. The van der Waals surface area contributed by atoms with Crippen LogP contribution in [0.2, 0.25) is 0 Å². The fraction of sp³-hybridized carbons (Fsp3) is 0.375. The smallest absolute Gasteiger partial charge is 0.310 e. The number of ether oxygens (including phenoxy) is 1. The van der Waals surface area contributed by atoms with Crippen LogP contribution in [-0.4, -0.2) is 23.6 Å². The topological polar surface area (TPSA) is 75.6 Å². The summed E-state index contributed by atoms with van der Waals surface area (Å²) >= 11 is 0. The summed E-state index contributed by atoms with van der Waals surface area (Å²) in [4.78, 5) is 23.3. The van der Waals surface area contributed by atoms with Crippen molar-refractivity contribution in [1.29, 1.82) is 0 Å². The summed E-state index contributed by atoms with van der Waals surface area (Å²) in [5.41, 5.74) is -0.275. The second kappa shape index (κ2) is 6.43. The average Bonchev–Trinajstić information content (AvgIpc) is 2.40. The molecule has 0 aromatic heterocycles. The van der Waals surface area contributed by atoms with E-state index in [0.717, 1.165) is 6.42 Å². The molecule has 1 fully saturated rings. The normalized spacial score (nSPS) is 15.6. The molecule has 5 nitrogen and oxygen atoms in total. The van der Waals surface area contributed by atoms with Crippen molar-refractivity contribution >= 4 is 17.6 Å². The van der Waals surface area contributed by atoms with Crippen molar-refractivity contribution in [1.82, 2.24) is 0 Å². The quantitative estimate of drug-likeness (QED) is 0.757. The number of amides is 1. The van der Waals surface area contributed by atoms with Crippen LogP contribution in [0, 0.1) is 5.41 Å². The number of carboxylic acids is 1. The fourth-order valence-corrected chi connectivity index (χ4v) is 2.40. The third-order valence-electron chi connectivity index (χ3n) is 3.75. The van der Waals surface area contributed by atoms with Crippen molar-refractivity contribution in [3.63, 3.8) is 0 Å². The van der Waals surface area contributed by atoms with E-state index in [0.29, 0.717) is 30.9 Å². The summed E-state index contributed by atoms with van der Waals surface area (Å²) in [6.45, 7) is 3.96. The summed E-state index contributed by atoms with van der Waals surface area (Å²) in [5, 5.41) is 12.0. The van der Waals surface area contributed by atoms with Gasteiger partial charge in [0.1, 0.15) is 12.4 Å². The van der Waals surface area contributed by atoms with E-state index in [1.165, 1.54) is 0 Å². The maximum Gasteiger partial charge on any atom is 0.310 e. The van der Waals surface area contributed by atoms with E-state index in [4.69, 9.17) is 4.74 Å². The highest BCUT2D eigenvalue weighted by molar-refractivity contribution is 5.94. The maximum absolute atomic E-state index is 12.0. The molecule has 2 N–H and O–H groups in total. The molecule has 21 heavy (non-hydrogen) atoms. The molecule has 0 heterocycles. The monoisotopic (exact) mass is 289 g/mol. The van der Waals surface area contributed by atoms with Crippen LogP contribution in [0.3, 0.4) is 0 Å². The highest BCUT2D eigenvalue weighted by Gasteiger charge is 2.45. The van der Waals surface area contributed by atoms with Crippen molar-refractivity contribution in [3.8, 4) is 5.75 Å². The molecule has 0 spiro atoms. The summed E-state index contributed by atoms with van der Waals surface area (Å²) < 4.78 is 5.39. The molecule has 2 rings (SSSR count). The molecule has 1 aromatic rings. The predicted octanol–water partition coefficient (Wildman–Crippen LogP) is 2.83. The molecule has 1 saturated carbocycles. The molecule has 112 valence electrons. The third-order valence-corrected chi connectivity index (χ3v) is 3.75. The Labute approximate surface area is 123 Å². The van der Waals surface area contributed by atoms with E-state index in [-0.39, 0.29) is 12.3 Å². The van der Waals surface area contributed by atoms with E-state index >= 15 is 0 Å². The van der Waals surface area contributed by atoms with E-state index in [2.05, 4.69) is 11.9 Å². The highest BCUT2D eigenvalue weighted by atomic mass is 16.5. The van der Waals surface area contributed by atoms with E-state index in [9.17, 15) is 14.7 Å². The number of nitrogens with one attached hydrogen (secondary N) is 1. The number of hydrogen-bond acceptors (Lipinski definition) is 3. The van der Waals surface area contributed by atoms with E-state index < -0.39 is 11.4 Å². The molecule has 1 aromatic carbocycles. The molecule has 0 atom stereocenters. The van der Waals surface area contributed by atoms with Crippen molar-refractivity contribution in [3.05, 3.63) is 36.9 Å². The standard InChI is InChI=1S/C16H19NO4/c1-2-9-21-13-6-3-5-12(10-13)17-14(18)11-16(15(19)20)7-4-8-16/h2-3,5-6,10H,1,4,7-9,11H2,(H,17,18)(H,19,20). The van der Waals surface area contributed by atoms with Gasteiger partial charge in [0.2, 0.25) is 5.91 Å². The molecule has 0 radical (unpaired) electrons. The number of anilines is 1. The van der Waals surface area contributed by atoms with Crippen LogP contribution in [-0.2, 0) is 9.59 Å². The van der Waals surface area contributed by atoms with Crippen molar-refractivity contribution < 1.29 is 19.4 Å². The van der Waals surface area contributed by atoms with Crippen LogP contribution in [0.1, 0.15) is 25.7 Å². The molecule has 1 aliphatic carbocycles. The Morgan fingerprint density at radius 3 is 2.76 bits per heavy atom.